The Morgan fingerprint density at radius 3 is 2.54 bits per heavy atom. The van der Waals surface area contributed by atoms with Crippen LogP contribution >= 0.6 is 11.6 Å². The molecule has 5 rings (SSSR count). The van der Waals surface area contributed by atoms with E-state index in [-0.39, 0.29) is 18.3 Å². The van der Waals surface area contributed by atoms with Crippen molar-refractivity contribution in [3.8, 4) is 22.8 Å². The SMILES string of the molecule is CC(C)c1ccc(NC(=O)Cn2nc3c(-c4nc(-c5ccc(Cl)cc5)no4)cccn3c2=O)cc1. The van der Waals surface area contributed by atoms with E-state index in [1.54, 1.807) is 42.6 Å². The summed E-state index contributed by atoms with van der Waals surface area (Å²) >= 11 is 5.95. The molecule has 5 aromatic rings. The van der Waals surface area contributed by atoms with Crippen LogP contribution in [-0.4, -0.2) is 30.2 Å². The summed E-state index contributed by atoms with van der Waals surface area (Å²) in [5.74, 6) is 0.611. The smallest absolute Gasteiger partial charge is 0.333 e. The monoisotopic (exact) mass is 488 g/mol. The van der Waals surface area contributed by atoms with Crippen molar-refractivity contribution in [2.45, 2.75) is 26.3 Å². The average molecular weight is 489 g/mol. The zero-order valence-corrected chi connectivity index (χ0v) is 19.7. The van der Waals surface area contributed by atoms with Crippen LogP contribution in [0.3, 0.4) is 0 Å². The normalized spacial score (nSPS) is 11.3. The van der Waals surface area contributed by atoms with Gasteiger partial charge >= 0.3 is 5.69 Å². The molecule has 0 unspecified atom stereocenters. The number of fused-ring (bicyclic) bond motifs is 1. The summed E-state index contributed by atoms with van der Waals surface area (Å²) in [6, 6.07) is 18.0. The minimum Gasteiger partial charge on any atom is -0.333 e. The number of halogens is 1. The van der Waals surface area contributed by atoms with Gasteiger partial charge in [0.1, 0.15) is 6.54 Å². The Morgan fingerprint density at radius 1 is 1.09 bits per heavy atom. The fourth-order valence-electron chi connectivity index (χ4n) is 3.65. The lowest BCUT2D eigenvalue weighted by Gasteiger charge is -2.08. The summed E-state index contributed by atoms with van der Waals surface area (Å²) in [7, 11) is 0. The first-order valence-electron chi connectivity index (χ1n) is 11.0. The predicted octanol–water partition coefficient (Wildman–Crippen LogP) is 4.63. The summed E-state index contributed by atoms with van der Waals surface area (Å²) in [6.07, 6.45) is 1.57. The molecule has 3 aromatic heterocycles. The Morgan fingerprint density at radius 2 is 1.83 bits per heavy atom. The summed E-state index contributed by atoms with van der Waals surface area (Å²) in [5.41, 5.74) is 2.88. The zero-order chi connectivity index (χ0) is 24.5. The van der Waals surface area contributed by atoms with Crippen LogP contribution in [-0.2, 0) is 11.3 Å². The summed E-state index contributed by atoms with van der Waals surface area (Å²) in [4.78, 5) is 29.9. The molecule has 0 radical (unpaired) electrons. The number of pyridine rings is 1. The van der Waals surface area contributed by atoms with E-state index in [2.05, 4.69) is 34.4 Å². The Balaban J connectivity index is 1.40. The van der Waals surface area contributed by atoms with Crippen molar-refractivity contribution in [1.29, 1.82) is 0 Å². The highest BCUT2D eigenvalue weighted by molar-refractivity contribution is 6.30. The van der Waals surface area contributed by atoms with E-state index in [0.717, 1.165) is 10.2 Å². The van der Waals surface area contributed by atoms with Crippen molar-refractivity contribution in [3.63, 3.8) is 0 Å². The van der Waals surface area contributed by atoms with Crippen LogP contribution in [0.5, 0.6) is 0 Å². The van der Waals surface area contributed by atoms with Crippen molar-refractivity contribution in [1.82, 2.24) is 24.3 Å². The number of hydrogen-bond acceptors (Lipinski definition) is 6. The molecule has 176 valence electrons. The lowest BCUT2D eigenvalue weighted by atomic mass is 10.0. The van der Waals surface area contributed by atoms with Crippen LogP contribution in [0.1, 0.15) is 25.3 Å². The first kappa shape index (κ1) is 22.5. The number of benzene rings is 2. The van der Waals surface area contributed by atoms with E-state index in [1.807, 2.05) is 24.3 Å². The lowest BCUT2D eigenvalue weighted by molar-refractivity contribution is -0.117. The molecule has 0 bridgehead atoms. The molecular weight excluding hydrogens is 468 g/mol. The van der Waals surface area contributed by atoms with E-state index in [1.165, 1.54) is 9.96 Å². The first-order chi connectivity index (χ1) is 16.9. The maximum atomic E-state index is 12.9. The molecule has 0 atom stereocenters. The molecule has 1 amide bonds. The van der Waals surface area contributed by atoms with Crippen molar-refractivity contribution < 1.29 is 9.32 Å². The van der Waals surface area contributed by atoms with Gasteiger partial charge in [0.2, 0.25) is 11.7 Å². The van der Waals surface area contributed by atoms with Gasteiger partial charge in [0.15, 0.2) is 5.65 Å². The fraction of sp³-hybridized carbons (Fsp3) is 0.160. The molecule has 0 saturated carbocycles. The number of rotatable bonds is 6. The van der Waals surface area contributed by atoms with Crippen molar-refractivity contribution >= 4 is 28.8 Å². The quantitative estimate of drug-likeness (QED) is 0.373. The maximum absolute atomic E-state index is 12.9. The second kappa shape index (κ2) is 9.19. The summed E-state index contributed by atoms with van der Waals surface area (Å²) in [6.45, 7) is 3.96. The molecule has 0 aliphatic heterocycles. The molecule has 0 saturated heterocycles. The van der Waals surface area contributed by atoms with Crippen LogP contribution in [0.15, 0.2) is 76.2 Å². The Labute approximate surface area is 205 Å². The molecule has 3 heterocycles. The fourth-order valence-corrected chi connectivity index (χ4v) is 3.77. The maximum Gasteiger partial charge on any atom is 0.350 e. The first-order valence-corrected chi connectivity index (χ1v) is 11.3. The number of anilines is 1. The number of hydrogen-bond donors (Lipinski definition) is 1. The van der Waals surface area contributed by atoms with Gasteiger partial charge in [0, 0.05) is 22.5 Å². The molecule has 0 aliphatic carbocycles. The van der Waals surface area contributed by atoms with E-state index in [9.17, 15) is 9.59 Å². The number of nitrogens with one attached hydrogen (secondary N) is 1. The third kappa shape index (κ3) is 4.58. The van der Waals surface area contributed by atoms with E-state index in [4.69, 9.17) is 16.1 Å². The number of nitrogens with zero attached hydrogens (tertiary/aromatic N) is 5. The lowest BCUT2D eigenvalue weighted by Crippen LogP contribution is -2.28. The Kier molecular flexibility index (Phi) is 5.92. The number of aromatic nitrogens is 5. The molecule has 2 aromatic carbocycles. The van der Waals surface area contributed by atoms with E-state index in [0.29, 0.717) is 33.7 Å². The molecule has 0 fully saturated rings. The number of carbonyl (C=O) groups is 1. The third-order valence-electron chi connectivity index (χ3n) is 5.52. The second-order valence-corrected chi connectivity index (χ2v) is 8.75. The van der Waals surface area contributed by atoms with Crippen molar-refractivity contribution in [2.24, 2.45) is 0 Å². The minimum atomic E-state index is -0.454. The Hall–Kier alpha value is -4.24. The molecule has 9 nitrogen and oxygen atoms in total. The molecule has 1 N–H and O–H groups in total. The van der Waals surface area contributed by atoms with Gasteiger partial charge in [0.25, 0.3) is 5.89 Å². The third-order valence-corrected chi connectivity index (χ3v) is 5.77. The largest absolute Gasteiger partial charge is 0.350 e. The second-order valence-electron chi connectivity index (χ2n) is 8.31. The van der Waals surface area contributed by atoms with Crippen molar-refractivity contribution in [2.75, 3.05) is 5.32 Å². The van der Waals surface area contributed by atoms with Gasteiger partial charge in [-0.15, -0.1) is 5.10 Å². The molecule has 10 heteroatoms. The number of carbonyl (C=O) groups excluding carboxylic acids is 1. The zero-order valence-electron chi connectivity index (χ0n) is 19.0. The predicted molar refractivity (Wildman–Crippen MR) is 132 cm³/mol. The summed E-state index contributed by atoms with van der Waals surface area (Å²) in [5, 5.41) is 11.8. The highest BCUT2D eigenvalue weighted by Gasteiger charge is 2.18. The van der Waals surface area contributed by atoms with Gasteiger partial charge in [-0.25, -0.2) is 13.9 Å². The van der Waals surface area contributed by atoms with Gasteiger partial charge in [-0.3, -0.25) is 4.79 Å². The highest BCUT2D eigenvalue weighted by Crippen LogP contribution is 2.25. The molecule has 0 spiro atoms. The van der Waals surface area contributed by atoms with Crippen LogP contribution < -0.4 is 11.0 Å². The van der Waals surface area contributed by atoms with Crippen LogP contribution in [0.25, 0.3) is 28.5 Å². The Bertz CT molecular complexity index is 1570. The van der Waals surface area contributed by atoms with E-state index >= 15 is 0 Å². The van der Waals surface area contributed by atoms with Crippen LogP contribution in [0, 0.1) is 0 Å². The van der Waals surface area contributed by atoms with Gasteiger partial charge in [-0.1, -0.05) is 42.7 Å². The van der Waals surface area contributed by atoms with Crippen molar-refractivity contribution in [3.05, 3.63) is 87.9 Å². The van der Waals surface area contributed by atoms with Crippen LogP contribution in [0.2, 0.25) is 5.02 Å². The van der Waals surface area contributed by atoms with Gasteiger partial charge in [0.05, 0.1) is 5.56 Å². The van der Waals surface area contributed by atoms with Crippen LogP contribution in [0.4, 0.5) is 5.69 Å². The standard InChI is InChI=1S/C25H21ClN6O3/c1-15(2)16-7-11-19(12-8-16)27-21(33)14-32-25(34)31-13-3-4-20(23(31)29-32)24-28-22(30-35-24)17-5-9-18(26)10-6-17/h3-13,15H,14H2,1-2H3,(H,27,33). The topological polar surface area (TPSA) is 107 Å². The van der Waals surface area contributed by atoms with Gasteiger partial charge in [-0.2, -0.15) is 4.98 Å². The summed E-state index contributed by atoms with van der Waals surface area (Å²) < 4.78 is 7.88. The molecule has 35 heavy (non-hydrogen) atoms. The van der Waals surface area contributed by atoms with E-state index < -0.39 is 5.69 Å². The highest BCUT2D eigenvalue weighted by atomic mass is 35.5. The minimum absolute atomic E-state index is 0.201. The average Bonchev–Trinajstić information content (AvgIpc) is 3.45. The number of amides is 1. The van der Waals surface area contributed by atoms with Gasteiger partial charge in [-0.05, 0) is 60.0 Å². The van der Waals surface area contributed by atoms with Gasteiger partial charge < -0.3 is 9.84 Å². The molecular formula is C25H21ClN6O3. The molecule has 0 aliphatic rings.